The van der Waals surface area contributed by atoms with Gasteiger partial charge in [0.2, 0.25) is 23.6 Å². The summed E-state index contributed by atoms with van der Waals surface area (Å²) in [6, 6.07) is 5.24. The van der Waals surface area contributed by atoms with Crippen LogP contribution in [-0.4, -0.2) is 23.6 Å². The lowest BCUT2D eigenvalue weighted by Crippen LogP contribution is -2.37. The number of rotatable bonds is 6. The molecule has 1 aromatic rings. The van der Waals surface area contributed by atoms with Crippen molar-refractivity contribution in [1.82, 2.24) is 0 Å². The summed E-state index contributed by atoms with van der Waals surface area (Å²) in [6.45, 7) is 9.62. The van der Waals surface area contributed by atoms with Crippen LogP contribution in [0.1, 0.15) is 31.2 Å². The number of fused-ring (bicyclic) bond motifs is 10. The second-order valence-electron chi connectivity index (χ2n) is 11.9. The fourth-order valence-electron chi connectivity index (χ4n) is 8.75. The topological polar surface area (TPSA) is 74.8 Å². The summed E-state index contributed by atoms with van der Waals surface area (Å²) < 4.78 is 0. The molecule has 0 aromatic heterocycles. The molecule has 6 aliphatic rings. The van der Waals surface area contributed by atoms with Gasteiger partial charge in [-0.05, 0) is 62.1 Å². The molecule has 188 valence electrons. The molecule has 2 heterocycles. The average Bonchev–Trinajstić information content (AvgIpc) is 3.68. The van der Waals surface area contributed by atoms with Gasteiger partial charge in [0, 0.05) is 10.8 Å². The molecule has 37 heavy (non-hydrogen) atoms. The molecule has 0 radical (unpaired) electrons. The Bertz CT molecular complexity index is 1390. The molecule has 2 saturated heterocycles. The molecule has 4 aliphatic carbocycles. The predicted octanol–water partition coefficient (Wildman–Crippen LogP) is 4.51. The van der Waals surface area contributed by atoms with Gasteiger partial charge in [-0.1, -0.05) is 42.5 Å². The number of carbonyl (C=O) groups excluding carboxylic acids is 4. The molecule has 7 rings (SSSR count). The lowest BCUT2D eigenvalue weighted by molar-refractivity contribution is -0.125. The van der Waals surface area contributed by atoms with Crippen LogP contribution in [0.25, 0.3) is 0 Å². The first-order chi connectivity index (χ1) is 17.8. The van der Waals surface area contributed by atoms with Crippen molar-refractivity contribution in [2.24, 2.45) is 46.3 Å². The number of nitrogens with zero attached hydrogens (tertiary/aromatic N) is 2. The van der Waals surface area contributed by atoms with Crippen molar-refractivity contribution in [1.29, 1.82) is 0 Å². The third-order valence-electron chi connectivity index (χ3n) is 10.2. The molecule has 2 saturated carbocycles. The van der Waals surface area contributed by atoms with Gasteiger partial charge in [0.15, 0.2) is 0 Å². The summed E-state index contributed by atoms with van der Waals surface area (Å²) in [5.41, 5.74) is 0.949. The van der Waals surface area contributed by atoms with Gasteiger partial charge in [0.25, 0.3) is 0 Å². The molecule has 8 atom stereocenters. The maximum atomic E-state index is 13.8. The molecule has 2 aliphatic heterocycles. The van der Waals surface area contributed by atoms with E-state index in [1.807, 2.05) is 19.1 Å². The zero-order valence-corrected chi connectivity index (χ0v) is 20.9. The van der Waals surface area contributed by atoms with Crippen LogP contribution >= 0.6 is 0 Å². The van der Waals surface area contributed by atoms with Crippen LogP contribution in [0.3, 0.4) is 0 Å². The van der Waals surface area contributed by atoms with Gasteiger partial charge < -0.3 is 0 Å². The average molecular weight is 495 g/mol. The summed E-state index contributed by atoms with van der Waals surface area (Å²) in [5.74, 6) is -2.16. The van der Waals surface area contributed by atoms with E-state index in [4.69, 9.17) is 0 Å². The minimum atomic E-state index is -0.397. The highest BCUT2D eigenvalue weighted by molar-refractivity contribution is 6.25. The minimum absolute atomic E-state index is 0.0556. The molecule has 4 bridgehead atoms. The van der Waals surface area contributed by atoms with E-state index < -0.39 is 11.8 Å². The van der Waals surface area contributed by atoms with Gasteiger partial charge in [-0.3, -0.25) is 19.2 Å². The van der Waals surface area contributed by atoms with Gasteiger partial charge in [0.05, 0.1) is 35.0 Å². The van der Waals surface area contributed by atoms with Gasteiger partial charge in [-0.25, -0.2) is 9.80 Å². The molecule has 6 heteroatoms. The van der Waals surface area contributed by atoms with Crippen LogP contribution in [0.2, 0.25) is 0 Å². The van der Waals surface area contributed by atoms with Crippen molar-refractivity contribution >= 4 is 35.0 Å². The SMILES string of the molecule is C=CCC12C=CC(C1)C1C(=O)N(c3ccc(C)c(N4C(=O)C5C6C=CC(CC=C)(C6)C5C4=O)c3)C(=O)C12. The van der Waals surface area contributed by atoms with E-state index in [0.29, 0.717) is 24.2 Å². The van der Waals surface area contributed by atoms with Crippen molar-refractivity contribution in [3.8, 4) is 0 Å². The number of hydrogen-bond acceptors (Lipinski definition) is 4. The Balaban J connectivity index is 1.25. The van der Waals surface area contributed by atoms with Gasteiger partial charge >= 0.3 is 0 Å². The quantitative estimate of drug-likeness (QED) is 0.431. The number of imide groups is 2. The highest BCUT2D eigenvalue weighted by atomic mass is 16.2. The fourth-order valence-corrected chi connectivity index (χ4v) is 8.75. The normalized spacial score (nSPS) is 40.4. The minimum Gasteiger partial charge on any atom is -0.274 e. The van der Waals surface area contributed by atoms with Crippen LogP contribution in [0.4, 0.5) is 11.4 Å². The van der Waals surface area contributed by atoms with E-state index in [-0.39, 0.29) is 58.1 Å². The first kappa shape index (κ1) is 22.6. The largest absolute Gasteiger partial charge is 0.274 e. The molecule has 0 spiro atoms. The van der Waals surface area contributed by atoms with E-state index in [2.05, 4.69) is 37.5 Å². The van der Waals surface area contributed by atoms with E-state index in [0.717, 1.165) is 18.4 Å². The van der Waals surface area contributed by atoms with Gasteiger partial charge in [-0.2, -0.15) is 0 Å². The fraction of sp³-hybridized carbons (Fsp3) is 0.419. The highest BCUT2D eigenvalue weighted by Crippen LogP contribution is 2.63. The summed E-state index contributed by atoms with van der Waals surface area (Å²) >= 11 is 0. The predicted molar refractivity (Wildman–Crippen MR) is 139 cm³/mol. The third-order valence-corrected chi connectivity index (χ3v) is 10.2. The van der Waals surface area contributed by atoms with Crippen LogP contribution in [-0.2, 0) is 19.2 Å². The first-order valence-corrected chi connectivity index (χ1v) is 13.2. The van der Waals surface area contributed by atoms with E-state index >= 15 is 0 Å². The maximum absolute atomic E-state index is 13.8. The monoisotopic (exact) mass is 494 g/mol. The number of amides is 4. The number of benzene rings is 1. The van der Waals surface area contributed by atoms with Gasteiger partial charge in [-0.15, -0.1) is 13.2 Å². The number of allylic oxidation sites excluding steroid dienone is 6. The Morgan fingerprint density at radius 2 is 1.32 bits per heavy atom. The second kappa shape index (κ2) is 7.27. The number of hydrogen-bond donors (Lipinski definition) is 0. The van der Waals surface area contributed by atoms with Crippen molar-refractivity contribution in [3.63, 3.8) is 0 Å². The van der Waals surface area contributed by atoms with Crippen molar-refractivity contribution < 1.29 is 19.2 Å². The zero-order valence-electron chi connectivity index (χ0n) is 20.9. The Morgan fingerprint density at radius 3 is 1.86 bits per heavy atom. The molecule has 8 unspecified atom stereocenters. The second-order valence-corrected chi connectivity index (χ2v) is 11.9. The van der Waals surface area contributed by atoms with Crippen LogP contribution < -0.4 is 9.80 Å². The van der Waals surface area contributed by atoms with Gasteiger partial charge in [0.1, 0.15) is 0 Å². The molecular weight excluding hydrogens is 464 g/mol. The van der Waals surface area contributed by atoms with Crippen LogP contribution in [0, 0.1) is 53.3 Å². The Morgan fingerprint density at radius 1 is 0.811 bits per heavy atom. The lowest BCUT2D eigenvalue weighted by atomic mass is 9.72. The van der Waals surface area contributed by atoms with Crippen molar-refractivity contribution in [2.75, 3.05) is 9.80 Å². The van der Waals surface area contributed by atoms with E-state index in [1.54, 1.807) is 18.2 Å². The Labute approximate surface area is 216 Å². The summed E-state index contributed by atoms with van der Waals surface area (Å²) in [4.78, 5) is 57.5. The first-order valence-electron chi connectivity index (χ1n) is 13.2. The summed E-state index contributed by atoms with van der Waals surface area (Å²) in [7, 11) is 0. The van der Waals surface area contributed by atoms with Crippen LogP contribution in [0.15, 0.2) is 67.8 Å². The molecule has 6 nitrogen and oxygen atoms in total. The smallest absolute Gasteiger partial charge is 0.238 e. The highest BCUT2D eigenvalue weighted by Gasteiger charge is 2.67. The number of aryl methyl sites for hydroxylation is 1. The van der Waals surface area contributed by atoms with Crippen LogP contribution in [0.5, 0.6) is 0 Å². The molecule has 1 aromatic carbocycles. The molecule has 0 N–H and O–H groups in total. The zero-order chi connectivity index (χ0) is 25.9. The standard InChI is InChI=1S/C31H30N2O4/c1-4-10-30-12-8-18(15-30)22-24(30)28(36)32(26(22)34)20-7-6-17(3)21(14-20)33-27(35)23-19-9-13-31(16-19,11-5-2)25(23)29(33)37/h4-9,12-14,18-19,22-25H,1-2,10-11,15-16H2,3H3. The summed E-state index contributed by atoms with van der Waals surface area (Å²) in [6.07, 6.45) is 15.0. The van der Waals surface area contributed by atoms with E-state index in [9.17, 15) is 19.2 Å². The van der Waals surface area contributed by atoms with E-state index in [1.165, 1.54) is 9.80 Å². The molecule has 4 fully saturated rings. The Hall–Kier alpha value is -3.54. The lowest BCUT2D eigenvalue weighted by Gasteiger charge is -2.30. The number of anilines is 2. The van der Waals surface area contributed by atoms with Crippen molar-refractivity contribution in [2.45, 2.75) is 32.6 Å². The Kier molecular flexibility index (Phi) is 4.45. The maximum Gasteiger partial charge on any atom is 0.238 e. The number of carbonyl (C=O) groups is 4. The third kappa shape index (κ3) is 2.61. The van der Waals surface area contributed by atoms with Crippen molar-refractivity contribution in [3.05, 3.63) is 73.4 Å². The summed E-state index contributed by atoms with van der Waals surface area (Å²) in [5, 5.41) is 0. The molecule has 4 amide bonds. The molecular formula is C31H30N2O4.